The number of allylic oxidation sites excluding steroid dienone is 7. The summed E-state index contributed by atoms with van der Waals surface area (Å²) < 4.78 is 23.6. The van der Waals surface area contributed by atoms with Gasteiger partial charge in [0.25, 0.3) is 0 Å². The summed E-state index contributed by atoms with van der Waals surface area (Å²) in [6, 6.07) is -0.867. The highest BCUT2D eigenvalue weighted by Gasteiger charge is 2.27. The second-order valence-corrected chi connectivity index (χ2v) is 18.6. The van der Waals surface area contributed by atoms with Crippen molar-refractivity contribution in [2.75, 3.05) is 40.9 Å². The highest BCUT2D eigenvalue weighted by molar-refractivity contribution is 7.47. The molecule has 0 fully saturated rings. The Morgan fingerprint density at radius 1 is 0.596 bits per heavy atom. The van der Waals surface area contributed by atoms with E-state index in [0.717, 1.165) is 51.4 Å². The number of nitrogens with one attached hydrogen (secondary N) is 1. The number of likely N-dealkylation sites (N-methyl/N-ethyl adjacent to an activating group) is 1. The lowest BCUT2D eigenvalue weighted by Crippen LogP contribution is -2.45. The van der Waals surface area contributed by atoms with Crippen LogP contribution in [-0.2, 0) is 18.4 Å². The first-order valence-corrected chi connectivity index (χ1v) is 25.0. The minimum absolute atomic E-state index is 0.0533. The maximum Gasteiger partial charge on any atom is 0.472 e. The van der Waals surface area contributed by atoms with Crippen molar-refractivity contribution in [1.82, 2.24) is 5.32 Å². The Morgan fingerprint density at radius 2 is 1.02 bits per heavy atom. The third-order valence-corrected chi connectivity index (χ3v) is 11.3. The largest absolute Gasteiger partial charge is 0.472 e. The molecule has 0 saturated carbocycles. The average molecular weight is 824 g/mol. The number of nitrogens with zero attached hydrogens (tertiary/aromatic N) is 1. The van der Waals surface area contributed by atoms with Crippen molar-refractivity contribution < 1.29 is 32.9 Å². The molecule has 9 heteroatoms. The fourth-order valence-corrected chi connectivity index (χ4v) is 7.23. The second kappa shape index (κ2) is 39.9. The van der Waals surface area contributed by atoms with E-state index in [1.807, 2.05) is 27.2 Å². The number of amides is 1. The molecule has 1 amide bonds. The van der Waals surface area contributed by atoms with Crippen molar-refractivity contribution in [2.45, 2.75) is 212 Å². The van der Waals surface area contributed by atoms with E-state index in [2.05, 4.69) is 55.6 Å². The molecule has 0 saturated heterocycles. The second-order valence-electron chi connectivity index (χ2n) is 17.1. The molecular formula is C48H92N2O6P+. The van der Waals surface area contributed by atoms with Crippen LogP contribution in [0.5, 0.6) is 0 Å². The smallest absolute Gasteiger partial charge is 0.387 e. The Morgan fingerprint density at radius 3 is 1.53 bits per heavy atom. The Balaban J connectivity index is 4.46. The fourth-order valence-electron chi connectivity index (χ4n) is 6.50. The van der Waals surface area contributed by atoms with Crippen LogP contribution in [0, 0.1) is 0 Å². The van der Waals surface area contributed by atoms with Crippen LogP contribution in [0.1, 0.15) is 200 Å². The van der Waals surface area contributed by atoms with Gasteiger partial charge in [-0.2, -0.15) is 0 Å². The van der Waals surface area contributed by atoms with Gasteiger partial charge in [-0.3, -0.25) is 13.8 Å². The summed E-state index contributed by atoms with van der Waals surface area (Å²) in [7, 11) is 1.55. The van der Waals surface area contributed by atoms with Crippen molar-refractivity contribution in [3.05, 3.63) is 48.6 Å². The van der Waals surface area contributed by atoms with Crippen molar-refractivity contribution in [2.24, 2.45) is 0 Å². The molecule has 0 aliphatic carbocycles. The Kier molecular flexibility index (Phi) is 38.8. The molecule has 8 nitrogen and oxygen atoms in total. The maximum absolute atomic E-state index is 12.9. The number of phosphoric ester groups is 1. The molecule has 3 unspecified atom stereocenters. The van der Waals surface area contributed by atoms with Crippen LogP contribution >= 0.6 is 7.82 Å². The topological polar surface area (TPSA) is 105 Å². The molecule has 57 heavy (non-hydrogen) atoms. The van der Waals surface area contributed by atoms with Gasteiger partial charge in [-0.25, -0.2) is 4.57 Å². The van der Waals surface area contributed by atoms with Crippen molar-refractivity contribution in [3.63, 3.8) is 0 Å². The highest BCUT2D eigenvalue weighted by Crippen LogP contribution is 2.43. The molecule has 0 bridgehead atoms. The van der Waals surface area contributed by atoms with Crippen LogP contribution in [0.25, 0.3) is 0 Å². The zero-order valence-electron chi connectivity index (χ0n) is 37.8. The van der Waals surface area contributed by atoms with Gasteiger partial charge in [0.15, 0.2) is 0 Å². The summed E-state index contributed by atoms with van der Waals surface area (Å²) in [5, 5.41) is 13.8. The molecule has 0 aromatic rings. The summed E-state index contributed by atoms with van der Waals surface area (Å²) in [5.41, 5.74) is 0. The average Bonchev–Trinajstić information content (AvgIpc) is 3.16. The van der Waals surface area contributed by atoms with E-state index in [0.29, 0.717) is 17.4 Å². The van der Waals surface area contributed by atoms with Crippen molar-refractivity contribution >= 4 is 13.7 Å². The zero-order valence-corrected chi connectivity index (χ0v) is 38.7. The standard InChI is InChI=1S/C48H91N2O6P/c1-6-8-10-12-14-16-18-20-22-24-26-28-30-32-34-36-38-40-42-48(52)49-46(45-56-57(53,54)55-44-43-50(3,4)5)47(51)41-39-37-35-33-31-29-27-25-23-21-19-17-15-13-11-9-7-2/h16,18,22,24,31,33,39,41,46-47,51H,6-15,17,19-21,23,25-30,32,34-38,40,42-45H2,1-5H3,(H-,49,52,53,54)/p+1/b18-16-,24-22-,33-31+,41-39+. The lowest BCUT2D eigenvalue weighted by atomic mass is 10.1. The number of phosphoric acid groups is 1. The number of hydrogen-bond donors (Lipinski definition) is 3. The number of unbranched alkanes of at least 4 members (excludes halogenated alkanes) is 23. The molecule has 0 spiro atoms. The predicted octanol–water partition coefficient (Wildman–Crippen LogP) is 13.2. The van der Waals surface area contributed by atoms with Crippen LogP contribution in [0.3, 0.4) is 0 Å². The molecular weight excluding hydrogens is 732 g/mol. The molecule has 0 radical (unpaired) electrons. The van der Waals surface area contributed by atoms with Gasteiger partial charge in [0, 0.05) is 6.42 Å². The number of hydrogen-bond acceptors (Lipinski definition) is 5. The van der Waals surface area contributed by atoms with E-state index in [1.165, 1.54) is 128 Å². The Labute approximate surface area is 352 Å². The first-order valence-electron chi connectivity index (χ1n) is 23.5. The van der Waals surface area contributed by atoms with Gasteiger partial charge in [-0.15, -0.1) is 0 Å². The molecule has 334 valence electrons. The molecule has 0 aromatic carbocycles. The summed E-state index contributed by atoms with van der Waals surface area (Å²) in [5.74, 6) is -0.196. The summed E-state index contributed by atoms with van der Waals surface area (Å²) >= 11 is 0. The predicted molar refractivity (Wildman–Crippen MR) is 244 cm³/mol. The van der Waals surface area contributed by atoms with Gasteiger partial charge in [0.1, 0.15) is 13.2 Å². The molecule has 0 aliphatic rings. The lowest BCUT2D eigenvalue weighted by molar-refractivity contribution is -0.870. The SMILES string of the molecule is CCCCCC/C=C\C/C=C\CCCCCCCCCC(=O)NC(COP(=O)(O)OCC[N+](C)(C)C)C(O)/C=C/CC/C=C/CCCCCCCCCCCCC. The third kappa shape index (κ3) is 42.4. The van der Waals surface area contributed by atoms with Gasteiger partial charge in [-0.1, -0.05) is 178 Å². The number of carbonyl (C=O) groups excluding carboxylic acids is 1. The Hall–Kier alpha value is -1.54. The van der Waals surface area contributed by atoms with Crippen LogP contribution in [0.15, 0.2) is 48.6 Å². The van der Waals surface area contributed by atoms with Crippen LogP contribution < -0.4 is 5.32 Å². The number of rotatable bonds is 42. The van der Waals surface area contributed by atoms with Crippen molar-refractivity contribution in [3.8, 4) is 0 Å². The van der Waals surface area contributed by atoms with E-state index >= 15 is 0 Å². The summed E-state index contributed by atoms with van der Waals surface area (Å²) in [6.45, 7) is 4.77. The minimum Gasteiger partial charge on any atom is -0.387 e. The molecule has 0 heterocycles. The molecule has 3 atom stereocenters. The number of carbonyl (C=O) groups is 1. The van der Waals surface area contributed by atoms with Crippen molar-refractivity contribution in [1.29, 1.82) is 0 Å². The lowest BCUT2D eigenvalue weighted by Gasteiger charge is -2.25. The van der Waals surface area contributed by atoms with E-state index in [-0.39, 0.29) is 19.1 Å². The number of aliphatic hydroxyl groups is 1. The third-order valence-electron chi connectivity index (χ3n) is 10.3. The van der Waals surface area contributed by atoms with Gasteiger partial charge in [0.2, 0.25) is 5.91 Å². The van der Waals surface area contributed by atoms with E-state index < -0.39 is 20.0 Å². The monoisotopic (exact) mass is 824 g/mol. The van der Waals surface area contributed by atoms with Gasteiger partial charge in [0.05, 0.1) is 39.9 Å². The van der Waals surface area contributed by atoms with Crippen LogP contribution in [0.2, 0.25) is 0 Å². The van der Waals surface area contributed by atoms with Crippen LogP contribution in [0.4, 0.5) is 0 Å². The molecule has 0 aliphatic heterocycles. The first kappa shape index (κ1) is 55.5. The van der Waals surface area contributed by atoms with Gasteiger partial charge in [-0.05, 0) is 64.2 Å². The quantitative estimate of drug-likeness (QED) is 0.0245. The molecule has 0 aromatic heterocycles. The highest BCUT2D eigenvalue weighted by atomic mass is 31.2. The molecule has 0 rings (SSSR count). The zero-order chi connectivity index (χ0) is 42.1. The maximum atomic E-state index is 12.9. The van der Waals surface area contributed by atoms with E-state index in [1.54, 1.807) is 6.08 Å². The summed E-state index contributed by atoms with van der Waals surface area (Å²) in [6.07, 6.45) is 50.4. The first-order chi connectivity index (χ1) is 27.5. The van der Waals surface area contributed by atoms with Gasteiger partial charge >= 0.3 is 7.82 Å². The Bertz CT molecular complexity index is 1070. The van der Waals surface area contributed by atoms with Gasteiger partial charge < -0.3 is 19.8 Å². The van der Waals surface area contributed by atoms with E-state index in [9.17, 15) is 19.4 Å². The van der Waals surface area contributed by atoms with E-state index in [4.69, 9.17) is 9.05 Å². The fraction of sp³-hybridized carbons (Fsp3) is 0.812. The number of quaternary nitrogens is 1. The normalized spacial score (nSPS) is 14.7. The summed E-state index contributed by atoms with van der Waals surface area (Å²) in [4.78, 5) is 23.1. The number of aliphatic hydroxyl groups excluding tert-OH is 1. The molecule has 3 N–H and O–H groups in total. The van der Waals surface area contributed by atoms with Crippen LogP contribution in [-0.4, -0.2) is 73.4 Å². The minimum atomic E-state index is -4.35.